The Kier molecular flexibility index (Phi) is 7.98. The summed E-state index contributed by atoms with van der Waals surface area (Å²) in [7, 11) is 0. The zero-order valence-corrected chi connectivity index (χ0v) is 20.5. The molecule has 176 valence electrons. The van der Waals surface area contributed by atoms with Crippen LogP contribution in [0.5, 0.6) is 0 Å². The number of aryl methyl sites for hydroxylation is 1. The number of anilines is 1. The van der Waals surface area contributed by atoms with Crippen molar-refractivity contribution in [1.82, 2.24) is 14.9 Å². The topological polar surface area (TPSA) is 69.6 Å². The van der Waals surface area contributed by atoms with E-state index < -0.39 is 5.97 Å². The van der Waals surface area contributed by atoms with Crippen molar-refractivity contribution in [3.05, 3.63) is 88.6 Å². The Morgan fingerprint density at radius 1 is 1.00 bits per heavy atom. The first kappa shape index (κ1) is 24.0. The maximum Gasteiger partial charge on any atom is 0.335 e. The molecule has 2 aromatic carbocycles. The van der Waals surface area contributed by atoms with Gasteiger partial charge >= 0.3 is 5.97 Å². The van der Waals surface area contributed by atoms with Gasteiger partial charge in [0.2, 0.25) is 0 Å². The molecule has 0 aliphatic carbocycles. The molecule has 0 atom stereocenters. The first-order valence-electron chi connectivity index (χ1n) is 11.5. The van der Waals surface area contributed by atoms with Crippen LogP contribution in [0.4, 0.5) is 5.82 Å². The van der Waals surface area contributed by atoms with Crippen LogP contribution < -0.4 is 4.90 Å². The summed E-state index contributed by atoms with van der Waals surface area (Å²) in [5, 5.41) is 9.82. The number of thioether (sulfide) groups is 1. The summed E-state index contributed by atoms with van der Waals surface area (Å²) < 4.78 is 0. The standard InChI is InChI=1S/C27H30N4O2S/c1-20-21(2)28-27(34-19-23-10-12-24(13-11-23)26(32)33)29-25(20)31-17-15-30(16-18-31)14-6-9-22-7-4-3-5-8-22/h3-13H,14-19H2,1-2H3,(H,32,33)/b9-6+. The summed E-state index contributed by atoms with van der Waals surface area (Å²) in [6.45, 7) is 8.97. The third kappa shape index (κ3) is 6.24. The number of hydrogen-bond donors (Lipinski definition) is 1. The van der Waals surface area contributed by atoms with Crippen LogP contribution in [0.3, 0.4) is 0 Å². The second-order valence-corrected chi connectivity index (χ2v) is 9.37. The molecular formula is C27H30N4O2S. The molecule has 6 nitrogen and oxygen atoms in total. The highest BCUT2D eigenvalue weighted by atomic mass is 32.2. The van der Waals surface area contributed by atoms with Gasteiger partial charge in [-0.3, -0.25) is 4.90 Å². The third-order valence-electron chi connectivity index (χ3n) is 6.06. The van der Waals surface area contributed by atoms with Gasteiger partial charge in [-0.05, 0) is 37.1 Å². The summed E-state index contributed by atoms with van der Waals surface area (Å²) in [5.41, 5.74) is 4.72. The van der Waals surface area contributed by atoms with E-state index in [1.165, 1.54) is 5.56 Å². The van der Waals surface area contributed by atoms with Crippen LogP contribution in [0.15, 0.2) is 65.8 Å². The van der Waals surface area contributed by atoms with Crippen LogP contribution in [-0.2, 0) is 5.75 Å². The number of benzene rings is 2. The Bertz CT molecular complexity index is 1140. The number of hydrogen-bond acceptors (Lipinski definition) is 6. The second-order valence-electron chi connectivity index (χ2n) is 8.43. The monoisotopic (exact) mass is 474 g/mol. The van der Waals surface area contributed by atoms with Crippen LogP contribution in [0.1, 0.15) is 32.7 Å². The van der Waals surface area contributed by atoms with Crippen molar-refractivity contribution < 1.29 is 9.90 Å². The van der Waals surface area contributed by atoms with Crippen LogP contribution in [-0.4, -0.2) is 58.7 Å². The largest absolute Gasteiger partial charge is 0.478 e. The maximum atomic E-state index is 11.0. The maximum absolute atomic E-state index is 11.0. The van der Waals surface area contributed by atoms with Gasteiger partial charge in [0.05, 0.1) is 5.56 Å². The lowest BCUT2D eigenvalue weighted by atomic mass is 10.1. The second kappa shape index (κ2) is 11.3. The Morgan fingerprint density at radius 2 is 1.71 bits per heavy atom. The Labute approximate surface area is 205 Å². The van der Waals surface area contributed by atoms with Crippen molar-refractivity contribution in [1.29, 1.82) is 0 Å². The fourth-order valence-corrected chi connectivity index (χ4v) is 4.74. The lowest BCUT2D eigenvalue weighted by molar-refractivity contribution is 0.0697. The van der Waals surface area contributed by atoms with Crippen LogP contribution >= 0.6 is 11.8 Å². The summed E-state index contributed by atoms with van der Waals surface area (Å²) in [5.74, 6) is 0.813. The minimum absolute atomic E-state index is 0.299. The van der Waals surface area contributed by atoms with Gasteiger partial charge in [0, 0.05) is 49.7 Å². The molecule has 1 N–H and O–H groups in total. The molecule has 0 radical (unpaired) electrons. The number of aromatic nitrogens is 2. The molecule has 0 amide bonds. The van der Waals surface area contributed by atoms with E-state index in [-0.39, 0.29) is 0 Å². The van der Waals surface area contributed by atoms with Crippen molar-refractivity contribution in [2.75, 3.05) is 37.6 Å². The summed E-state index contributed by atoms with van der Waals surface area (Å²) in [4.78, 5) is 25.5. The number of aromatic carboxylic acids is 1. The van der Waals surface area contributed by atoms with E-state index in [4.69, 9.17) is 10.1 Å². The molecule has 2 heterocycles. The zero-order valence-electron chi connectivity index (χ0n) is 19.6. The Hall–Kier alpha value is -3.16. The minimum atomic E-state index is -0.909. The lowest BCUT2D eigenvalue weighted by Gasteiger charge is -2.35. The highest BCUT2D eigenvalue weighted by molar-refractivity contribution is 7.98. The van der Waals surface area contributed by atoms with Crippen molar-refractivity contribution in [2.24, 2.45) is 0 Å². The van der Waals surface area contributed by atoms with E-state index >= 15 is 0 Å². The molecule has 7 heteroatoms. The van der Waals surface area contributed by atoms with Crippen molar-refractivity contribution in [2.45, 2.75) is 24.8 Å². The molecule has 0 bridgehead atoms. The Morgan fingerprint density at radius 3 is 2.38 bits per heavy atom. The molecular weight excluding hydrogens is 444 g/mol. The van der Waals surface area contributed by atoms with Crippen LogP contribution in [0, 0.1) is 13.8 Å². The van der Waals surface area contributed by atoms with Gasteiger partial charge in [-0.1, -0.05) is 66.4 Å². The average molecular weight is 475 g/mol. The van der Waals surface area contributed by atoms with Crippen molar-refractivity contribution in [3.63, 3.8) is 0 Å². The zero-order chi connectivity index (χ0) is 23.9. The van der Waals surface area contributed by atoms with E-state index in [1.54, 1.807) is 23.9 Å². The number of carboxylic acid groups (broad SMARTS) is 1. The lowest BCUT2D eigenvalue weighted by Crippen LogP contribution is -2.47. The molecule has 1 aromatic heterocycles. The van der Waals surface area contributed by atoms with Crippen LogP contribution in [0.25, 0.3) is 6.08 Å². The summed E-state index contributed by atoms with van der Waals surface area (Å²) >= 11 is 1.58. The average Bonchev–Trinajstić information content (AvgIpc) is 2.86. The van der Waals surface area contributed by atoms with Crippen LogP contribution in [0.2, 0.25) is 0 Å². The molecule has 1 aliphatic heterocycles. The SMILES string of the molecule is Cc1nc(SCc2ccc(C(=O)O)cc2)nc(N2CCN(C/C=C/c3ccccc3)CC2)c1C. The van der Waals surface area contributed by atoms with E-state index in [1.807, 2.05) is 25.1 Å². The van der Waals surface area contributed by atoms with E-state index in [2.05, 4.69) is 58.1 Å². The summed E-state index contributed by atoms with van der Waals surface area (Å²) in [6.07, 6.45) is 4.42. The van der Waals surface area contributed by atoms with E-state index in [0.717, 1.165) is 60.5 Å². The van der Waals surface area contributed by atoms with E-state index in [9.17, 15) is 4.79 Å². The third-order valence-corrected chi connectivity index (χ3v) is 6.98. The molecule has 1 aliphatic rings. The summed E-state index contributed by atoms with van der Waals surface area (Å²) in [6, 6.07) is 17.4. The number of piperazine rings is 1. The van der Waals surface area contributed by atoms with Gasteiger partial charge < -0.3 is 10.0 Å². The highest BCUT2D eigenvalue weighted by Gasteiger charge is 2.20. The molecule has 1 saturated heterocycles. The quantitative estimate of drug-likeness (QED) is 0.367. The van der Waals surface area contributed by atoms with Gasteiger partial charge in [0.1, 0.15) is 5.82 Å². The molecule has 0 unspecified atom stereocenters. The fourth-order valence-electron chi connectivity index (χ4n) is 3.90. The molecule has 0 saturated carbocycles. The predicted molar refractivity (Wildman–Crippen MR) is 139 cm³/mol. The van der Waals surface area contributed by atoms with Gasteiger partial charge in [-0.15, -0.1) is 0 Å². The number of carboxylic acids is 1. The predicted octanol–water partition coefficient (Wildman–Crippen LogP) is 4.92. The van der Waals surface area contributed by atoms with Crippen molar-refractivity contribution >= 4 is 29.6 Å². The number of carbonyl (C=O) groups is 1. The number of rotatable bonds is 8. The molecule has 4 rings (SSSR count). The van der Waals surface area contributed by atoms with Gasteiger partial charge in [0.25, 0.3) is 0 Å². The first-order chi connectivity index (χ1) is 16.5. The molecule has 34 heavy (non-hydrogen) atoms. The van der Waals surface area contributed by atoms with Gasteiger partial charge in [-0.2, -0.15) is 0 Å². The molecule has 3 aromatic rings. The van der Waals surface area contributed by atoms with E-state index in [0.29, 0.717) is 11.3 Å². The van der Waals surface area contributed by atoms with Gasteiger partial charge in [-0.25, -0.2) is 14.8 Å². The number of nitrogens with zero attached hydrogens (tertiary/aromatic N) is 4. The smallest absolute Gasteiger partial charge is 0.335 e. The fraction of sp³-hybridized carbons (Fsp3) is 0.296. The molecule has 1 fully saturated rings. The van der Waals surface area contributed by atoms with Crippen molar-refractivity contribution in [3.8, 4) is 0 Å². The Balaban J connectivity index is 1.34. The highest BCUT2D eigenvalue weighted by Crippen LogP contribution is 2.27. The minimum Gasteiger partial charge on any atom is -0.478 e. The first-order valence-corrected chi connectivity index (χ1v) is 12.5. The normalized spacial score (nSPS) is 14.6. The molecule has 0 spiro atoms. The van der Waals surface area contributed by atoms with Gasteiger partial charge in [0.15, 0.2) is 5.16 Å².